The van der Waals surface area contributed by atoms with Crippen molar-refractivity contribution in [1.82, 2.24) is 4.90 Å². The molecule has 0 saturated carbocycles. The molecule has 0 saturated heterocycles. The first-order valence-electron chi connectivity index (χ1n) is 9.36. The van der Waals surface area contributed by atoms with Crippen LogP contribution in [0.1, 0.15) is 22.7 Å². The predicted octanol–water partition coefficient (Wildman–Crippen LogP) is 5.65. The van der Waals surface area contributed by atoms with Gasteiger partial charge in [0.1, 0.15) is 11.6 Å². The molecule has 0 aliphatic carbocycles. The number of ether oxygens (including phenoxy) is 1. The zero-order valence-electron chi connectivity index (χ0n) is 16.2. The summed E-state index contributed by atoms with van der Waals surface area (Å²) in [5, 5.41) is 10.8. The van der Waals surface area contributed by atoms with E-state index in [9.17, 15) is 14.3 Å². The first-order chi connectivity index (χ1) is 14.5. The van der Waals surface area contributed by atoms with E-state index in [-0.39, 0.29) is 18.1 Å². The van der Waals surface area contributed by atoms with Crippen molar-refractivity contribution < 1.29 is 19.0 Å². The molecule has 1 N–H and O–H groups in total. The Hall–Kier alpha value is -3.12. The molecular weight excluding hydrogens is 449 g/mol. The van der Waals surface area contributed by atoms with E-state index in [1.165, 1.54) is 12.1 Å². The summed E-state index contributed by atoms with van der Waals surface area (Å²) in [6.07, 6.45) is 0. The molecule has 152 valence electrons. The summed E-state index contributed by atoms with van der Waals surface area (Å²) in [7, 11) is 1.58. The molecule has 0 fully saturated rings. The Kier molecular flexibility index (Phi) is 5.59. The van der Waals surface area contributed by atoms with Crippen LogP contribution >= 0.6 is 15.9 Å². The summed E-state index contributed by atoms with van der Waals surface area (Å²) < 4.78 is 19.5. The maximum atomic E-state index is 13.3. The van der Waals surface area contributed by atoms with Crippen molar-refractivity contribution in [2.24, 2.45) is 0 Å². The van der Waals surface area contributed by atoms with Crippen molar-refractivity contribution in [1.29, 1.82) is 0 Å². The summed E-state index contributed by atoms with van der Waals surface area (Å²) in [5.74, 6) is -0.393. The lowest BCUT2D eigenvalue weighted by molar-refractivity contribution is -0.130. The monoisotopic (exact) mass is 467 g/mol. The standard InChI is InChI=1S/C24H19BrFNO3/c1-30-20-12-6-16(7-13-20)21-22(17-4-8-18(25)9-5-17)27(24(29)23(21)28)14-15-2-10-19(26)11-3-15/h2-13,22,28H,14H2,1H3/t22-/m0/s1. The van der Waals surface area contributed by atoms with Gasteiger partial charge in [0.25, 0.3) is 5.91 Å². The van der Waals surface area contributed by atoms with Gasteiger partial charge in [0.2, 0.25) is 0 Å². The molecule has 6 heteroatoms. The van der Waals surface area contributed by atoms with Crippen molar-refractivity contribution in [3.05, 3.63) is 106 Å². The minimum absolute atomic E-state index is 0.240. The molecule has 1 heterocycles. The van der Waals surface area contributed by atoms with E-state index < -0.39 is 11.9 Å². The fraction of sp³-hybridized carbons (Fsp3) is 0.125. The number of benzene rings is 3. The lowest BCUT2D eigenvalue weighted by Gasteiger charge is -2.27. The highest BCUT2D eigenvalue weighted by Gasteiger charge is 2.41. The number of amides is 1. The zero-order chi connectivity index (χ0) is 21.3. The van der Waals surface area contributed by atoms with E-state index in [0.717, 1.165) is 21.2 Å². The largest absolute Gasteiger partial charge is 0.503 e. The van der Waals surface area contributed by atoms with Gasteiger partial charge in [0.15, 0.2) is 5.76 Å². The first kappa shape index (κ1) is 20.2. The number of rotatable bonds is 5. The molecule has 3 aromatic rings. The number of carbonyl (C=O) groups excluding carboxylic acids is 1. The number of aliphatic hydroxyl groups excluding tert-OH is 1. The van der Waals surface area contributed by atoms with Gasteiger partial charge in [-0.05, 0) is 53.1 Å². The molecule has 4 nitrogen and oxygen atoms in total. The number of halogens is 2. The highest BCUT2D eigenvalue weighted by molar-refractivity contribution is 9.10. The number of nitrogens with zero attached hydrogens (tertiary/aromatic N) is 1. The molecule has 1 amide bonds. The normalized spacial score (nSPS) is 16.3. The Morgan fingerprint density at radius 3 is 2.23 bits per heavy atom. The van der Waals surface area contributed by atoms with E-state index in [2.05, 4.69) is 15.9 Å². The molecule has 0 unspecified atom stereocenters. The molecular formula is C24H19BrFNO3. The fourth-order valence-corrected chi connectivity index (χ4v) is 3.92. The third-order valence-electron chi connectivity index (χ3n) is 5.16. The average Bonchev–Trinajstić information content (AvgIpc) is 3.01. The van der Waals surface area contributed by atoms with Crippen molar-refractivity contribution in [3.8, 4) is 5.75 Å². The van der Waals surface area contributed by atoms with E-state index in [1.807, 2.05) is 36.4 Å². The summed E-state index contributed by atoms with van der Waals surface area (Å²) in [6, 6.07) is 20.4. The summed E-state index contributed by atoms with van der Waals surface area (Å²) in [5.41, 5.74) is 2.91. The molecule has 4 rings (SSSR count). The lowest BCUT2D eigenvalue weighted by atomic mass is 9.93. The molecule has 30 heavy (non-hydrogen) atoms. The quantitative estimate of drug-likeness (QED) is 0.527. The number of hydrogen-bond donors (Lipinski definition) is 1. The van der Waals surface area contributed by atoms with Gasteiger partial charge >= 0.3 is 0 Å². The van der Waals surface area contributed by atoms with Crippen molar-refractivity contribution in [2.75, 3.05) is 7.11 Å². The summed E-state index contributed by atoms with van der Waals surface area (Å²) >= 11 is 3.44. The lowest BCUT2D eigenvalue weighted by Crippen LogP contribution is -2.29. The van der Waals surface area contributed by atoms with Crippen LogP contribution in [0.3, 0.4) is 0 Å². The van der Waals surface area contributed by atoms with Gasteiger partial charge < -0.3 is 14.7 Å². The number of carbonyl (C=O) groups is 1. The van der Waals surface area contributed by atoms with Gasteiger partial charge in [-0.1, -0.05) is 52.3 Å². The van der Waals surface area contributed by atoms with E-state index in [4.69, 9.17) is 4.74 Å². The second-order valence-corrected chi connectivity index (χ2v) is 7.92. The molecule has 0 aromatic heterocycles. The second kappa shape index (κ2) is 8.32. The second-order valence-electron chi connectivity index (χ2n) is 7.00. The van der Waals surface area contributed by atoms with Crippen molar-refractivity contribution in [2.45, 2.75) is 12.6 Å². The molecule has 1 aliphatic heterocycles. The van der Waals surface area contributed by atoms with Gasteiger partial charge in [0, 0.05) is 16.6 Å². The molecule has 1 atom stereocenters. The van der Waals surface area contributed by atoms with Gasteiger partial charge in [-0.15, -0.1) is 0 Å². The maximum absolute atomic E-state index is 13.3. The first-order valence-corrected chi connectivity index (χ1v) is 10.2. The van der Waals surface area contributed by atoms with Crippen LogP contribution in [0, 0.1) is 5.82 Å². The molecule has 1 aliphatic rings. The summed E-state index contributed by atoms with van der Waals surface area (Å²) in [4.78, 5) is 14.6. The van der Waals surface area contributed by atoms with Gasteiger partial charge in [-0.3, -0.25) is 4.79 Å². The topological polar surface area (TPSA) is 49.8 Å². The molecule has 0 spiro atoms. The number of aliphatic hydroxyl groups is 1. The van der Waals surface area contributed by atoms with Crippen molar-refractivity contribution >= 4 is 27.4 Å². The van der Waals surface area contributed by atoms with Crippen LogP contribution in [-0.4, -0.2) is 23.0 Å². The van der Waals surface area contributed by atoms with Crippen molar-refractivity contribution in [3.63, 3.8) is 0 Å². The highest BCUT2D eigenvalue weighted by Crippen LogP contribution is 2.44. The Balaban J connectivity index is 1.79. The minimum atomic E-state index is -0.482. The molecule has 0 bridgehead atoms. The van der Waals surface area contributed by atoms with Gasteiger partial charge in [0.05, 0.1) is 13.2 Å². The molecule has 0 radical (unpaired) electrons. The van der Waals surface area contributed by atoms with E-state index >= 15 is 0 Å². The van der Waals surface area contributed by atoms with E-state index in [1.54, 1.807) is 36.3 Å². The Morgan fingerprint density at radius 2 is 1.63 bits per heavy atom. The van der Waals surface area contributed by atoms with Crippen LogP contribution in [0.15, 0.2) is 83.0 Å². The SMILES string of the molecule is COc1ccc(C2=C(O)C(=O)N(Cc3ccc(F)cc3)[C@H]2c2ccc(Br)cc2)cc1. The maximum Gasteiger partial charge on any atom is 0.290 e. The Bertz CT molecular complexity index is 1090. The van der Waals surface area contributed by atoms with Crippen LogP contribution in [0.4, 0.5) is 4.39 Å². The van der Waals surface area contributed by atoms with Crippen LogP contribution in [0.2, 0.25) is 0 Å². The van der Waals surface area contributed by atoms with Gasteiger partial charge in [-0.25, -0.2) is 4.39 Å². The third-order valence-corrected chi connectivity index (χ3v) is 5.69. The molecule has 3 aromatic carbocycles. The smallest absolute Gasteiger partial charge is 0.290 e. The Labute approximate surface area is 182 Å². The fourth-order valence-electron chi connectivity index (χ4n) is 3.66. The third kappa shape index (κ3) is 3.83. The number of hydrogen-bond acceptors (Lipinski definition) is 3. The predicted molar refractivity (Wildman–Crippen MR) is 116 cm³/mol. The summed E-state index contributed by atoms with van der Waals surface area (Å²) in [6.45, 7) is 0.240. The van der Waals surface area contributed by atoms with Gasteiger partial charge in [-0.2, -0.15) is 0 Å². The highest BCUT2D eigenvalue weighted by atomic mass is 79.9. The minimum Gasteiger partial charge on any atom is -0.503 e. The van der Waals surface area contributed by atoms with Crippen LogP contribution in [0.5, 0.6) is 5.75 Å². The van der Waals surface area contributed by atoms with Crippen LogP contribution < -0.4 is 4.74 Å². The average molecular weight is 468 g/mol. The zero-order valence-corrected chi connectivity index (χ0v) is 17.8. The van der Waals surface area contributed by atoms with Crippen LogP contribution in [-0.2, 0) is 11.3 Å². The van der Waals surface area contributed by atoms with Crippen LogP contribution in [0.25, 0.3) is 5.57 Å². The Morgan fingerprint density at radius 1 is 1.00 bits per heavy atom. The van der Waals surface area contributed by atoms with E-state index in [0.29, 0.717) is 11.3 Å². The number of methoxy groups -OCH3 is 1.